The number of phenolic OH excluding ortho intramolecular Hbond substituents is 1. The second kappa shape index (κ2) is 9.13. The van der Waals surface area contributed by atoms with Crippen molar-refractivity contribution in [1.29, 1.82) is 0 Å². The molecule has 4 aromatic rings. The summed E-state index contributed by atoms with van der Waals surface area (Å²) in [6.07, 6.45) is 1.39. The molecule has 0 saturated heterocycles. The van der Waals surface area contributed by atoms with Crippen molar-refractivity contribution in [3.05, 3.63) is 100.0 Å². The molecular formula is C24H20N4O4. The summed E-state index contributed by atoms with van der Waals surface area (Å²) in [5, 5.41) is 19.0. The molecule has 0 aliphatic carbocycles. The Hall–Kier alpha value is -4.46. The van der Waals surface area contributed by atoms with Crippen LogP contribution in [-0.4, -0.2) is 34.1 Å². The van der Waals surface area contributed by atoms with Crippen molar-refractivity contribution in [2.45, 2.75) is 6.54 Å². The number of ether oxygens (including phenoxy) is 1. The predicted octanol–water partition coefficient (Wildman–Crippen LogP) is 2.92. The molecule has 0 atom stereocenters. The van der Waals surface area contributed by atoms with Crippen molar-refractivity contribution in [2.24, 2.45) is 5.10 Å². The molecule has 3 aromatic carbocycles. The molecule has 0 spiro atoms. The number of amides is 1. The first-order chi connectivity index (χ1) is 15.6. The molecule has 1 aromatic heterocycles. The van der Waals surface area contributed by atoms with E-state index in [-0.39, 0.29) is 23.5 Å². The number of phenols is 1. The van der Waals surface area contributed by atoms with Crippen LogP contribution in [-0.2, 0) is 6.54 Å². The monoisotopic (exact) mass is 428 g/mol. The predicted molar refractivity (Wildman–Crippen MR) is 121 cm³/mol. The zero-order valence-electron chi connectivity index (χ0n) is 17.2. The molecule has 0 aliphatic rings. The topological polar surface area (TPSA) is 106 Å². The molecule has 0 aliphatic heterocycles. The highest BCUT2D eigenvalue weighted by Crippen LogP contribution is 2.25. The van der Waals surface area contributed by atoms with Gasteiger partial charge in [-0.1, -0.05) is 48.5 Å². The fourth-order valence-electron chi connectivity index (χ4n) is 3.27. The third kappa shape index (κ3) is 4.34. The molecule has 1 amide bonds. The van der Waals surface area contributed by atoms with E-state index in [1.165, 1.54) is 24.1 Å². The lowest BCUT2D eigenvalue weighted by atomic mass is 10.1. The Labute approximate surface area is 183 Å². The van der Waals surface area contributed by atoms with E-state index in [0.717, 1.165) is 5.56 Å². The van der Waals surface area contributed by atoms with Crippen LogP contribution in [0.2, 0.25) is 0 Å². The Morgan fingerprint density at radius 1 is 1.09 bits per heavy atom. The van der Waals surface area contributed by atoms with E-state index in [0.29, 0.717) is 22.1 Å². The smallest absolute Gasteiger partial charge is 0.292 e. The Bertz CT molecular complexity index is 1360. The summed E-state index contributed by atoms with van der Waals surface area (Å²) in [4.78, 5) is 25.8. The number of nitrogens with zero attached hydrogens (tertiary/aromatic N) is 3. The number of fused-ring (bicyclic) bond motifs is 1. The molecule has 2 N–H and O–H groups in total. The number of hydrogen-bond donors (Lipinski definition) is 2. The summed E-state index contributed by atoms with van der Waals surface area (Å²) < 4.78 is 6.28. The van der Waals surface area contributed by atoms with Gasteiger partial charge in [-0.3, -0.25) is 9.59 Å². The molecule has 1 heterocycles. The Kier molecular flexibility index (Phi) is 5.94. The van der Waals surface area contributed by atoms with Gasteiger partial charge in [0.1, 0.15) is 0 Å². The second-order valence-corrected chi connectivity index (χ2v) is 6.97. The molecule has 8 heteroatoms. The Balaban J connectivity index is 1.64. The van der Waals surface area contributed by atoms with Gasteiger partial charge in [0, 0.05) is 5.39 Å². The van der Waals surface area contributed by atoms with Crippen LogP contribution in [0.3, 0.4) is 0 Å². The fraction of sp³-hybridized carbons (Fsp3) is 0.0833. The average Bonchev–Trinajstić information content (AvgIpc) is 2.81. The van der Waals surface area contributed by atoms with Crippen LogP contribution in [0.15, 0.2) is 82.7 Å². The molecule has 0 fully saturated rings. The van der Waals surface area contributed by atoms with Crippen LogP contribution in [0.5, 0.6) is 11.5 Å². The van der Waals surface area contributed by atoms with Gasteiger partial charge in [0.25, 0.3) is 11.5 Å². The first-order valence-electron chi connectivity index (χ1n) is 9.81. The lowest BCUT2D eigenvalue weighted by molar-refractivity contribution is 0.0949. The van der Waals surface area contributed by atoms with Crippen LogP contribution in [0, 0.1) is 0 Å². The van der Waals surface area contributed by atoms with Crippen LogP contribution < -0.4 is 15.7 Å². The van der Waals surface area contributed by atoms with Crippen LogP contribution in [0.4, 0.5) is 0 Å². The minimum Gasteiger partial charge on any atom is -0.504 e. The van der Waals surface area contributed by atoms with Crippen molar-refractivity contribution in [2.75, 3.05) is 7.11 Å². The molecule has 0 bridgehead atoms. The SMILES string of the molecule is COc1ccc(/C=N\NC(=O)c2nn(Cc3ccccc3)c(=O)c3ccccc23)cc1O. The molecule has 0 radical (unpaired) electrons. The first-order valence-corrected chi connectivity index (χ1v) is 9.81. The standard InChI is InChI=1S/C24H20N4O4/c1-32-21-12-11-17(13-20(21)29)14-25-26-23(30)22-18-9-5-6-10-19(18)24(31)28(27-22)15-16-7-3-2-4-8-16/h2-14,29H,15H2,1H3,(H,26,30)/b25-14-. The molecule has 0 saturated carbocycles. The average molecular weight is 428 g/mol. The summed E-state index contributed by atoms with van der Waals surface area (Å²) in [6.45, 7) is 0.235. The first kappa shape index (κ1) is 20.8. The molecule has 8 nitrogen and oxygen atoms in total. The van der Waals surface area contributed by atoms with Gasteiger partial charge < -0.3 is 9.84 Å². The van der Waals surface area contributed by atoms with E-state index >= 15 is 0 Å². The summed E-state index contributed by atoms with van der Waals surface area (Å²) >= 11 is 0. The van der Waals surface area contributed by atoms with Gasteiger partial charge in [0.15, 0.2) is 17.2 Å². The minimum atomic E-state index is -0.558. The van der Waals surface area contributed by atoms with Gasteiger partial charge in [-0.15, -0.1) is 0 Å². The zero-order valence-corrected chi connectivity index (χ0v) is 17.2. The van der Waals surface area contributed by atoms with Gasteiger partial charge in [-0.2, -0.15) is 10.2 Å². The number of aromatic hydroxyl groups is 1. The highest BCUT2D eigenvalue weighted by molar-refractivity contribution is 6.05. The summed E-state index contributed by atoms with van der Waals surface area (Å²) in [5.41, 5.74) is 3.70. The van der Waals surface area contributed by atoms with Crippen LogP contribution in [0.25, 0.3) is 10.8 Å². The molecular weight excluding hydrogens is 408 g/mol. The maximum atomic E-state index is 12.9. The van der Waals surface area contributed by atoms with E-state index < -0.39 is 5.91 Å². The third-order valence-corrected chi connectivity index (χ3v) is 4.84. The second-order valence-electron chi connectivity index (χ2n) is 6.97. The lowest BCUT2D eigenvalue weighted by Gasteiger charge is -2.10. The van der Waals surface area contributed by atoms with Crippen LogP contribution in [0.1, 0.15) is 21.6 Å². The largest absolute Gasteiger partial charge is 0.504 e. The number of carbonyl (C=O) groups excluding carboxylic acids is 1. The highest BCUT2D eigenvalue weighted by atomic mass is 16.5. The molecule has 32 heavy (non-hydrogen) atoms. The quantitative estimate of drug-likeness (QED) is 0.363. The van der Waals surface area contributed by atoms with Gasteiger partial charge in [0.2, 0.25) is 0 Å². The zero-order chi connectivity index (χ0) is 22.5. The normalized spacial score (nSPS) is 11.0. The summed E-state index contributed by atoms with van der Waals surface area (Å²) in [7, 11) is 1.46. The number of aromatic nitrogens is 2. The van der Waals surface area contributed by atoms with Crippen molar-refractivity contribution in [3.63, 3.8) is 0 Å². The molecule has 0 unspecified atom stereocenters. The number of methoxy groups -OCH3 is 1. The third-order valence-electron chi connectivity index (χ3n) is 4.84. The summed E-state index contributed by atoms with van der Waals surface area (Å²) in [6, 6.07) is 21.0. The van der Waals surface area contributed by atoms with Crippen LogP contribution >= 0.6 is 0 Å². The van der Waals surface area contributed by atoms with E-state index in [1.807, 2.05) is 30.3 Å². The Morgan fingerprint density at radius 2 is 1.81 bits per heavy atom. The summed E-state index contributed by atoms with van der Waals surface area (Å²) in [5.74, 6) is -0.261. The van der Waals surface area contributed by atoms with E-state index in [9.17, 15) is 14.7 Å². The number of hydrazone groups is 1. The Morgan fingerprint density at radius 3 is 2.53 bits per heavy atom. The highest BCUT2D eigenvalue weighted by Gasteiger charge is 2.16. The number of benzene rings is 3. The van der Waals surface area contributed by atoms with Crippen molar-refractivity contribution in [3.8, 4) is 11.5 Å². The van der Waals surface area contributed by atoms with Gasteiger partial charge in [-0.05, 0) is 35.4 Å². The number of carbonyl (C=O) groups is 1. The fourth-order valence-corrected chi connectivity index (χ4v) is 3.27. The molecule has 4 rings (SSSR count). The van der Waals surface area contributed by atoms with Gasteiger partial charge >= 0.3 is 0 Å². The van der Waals surface area contributed by atoms with Crippen molar-refractivity contribution >= 4 is 22.9 Å². The van der Waals surface area contributed by atoms with E-state index in [2.05, 4.69) is 15.6 Å². The minimum absolute atomic E-state index is 0.0385. The maximum absolute atomic E-state index is 12.9. The van der Waals surface area contributed by atoms with E-state index in [4.69, 9.17) is 4.74 Å². The lowest BCUT2D eigenvalue weighted by Crippen LogP contribution is -2.29. The number of hydrogen-bond acceptors (Lipinski definition) is 6. The van der Waals surface area contributed by atoms with Crippen molar-refractivity contribution in [1.82, 2.24) is 15.2 Å². The maximum Gasteiger partial charge on any atom is 0.292 e. The van der Waals surface area contributed by atoms with Gasteiger partial charge in [0.05, 0.1) is 25.3 Å². The number of rotatable bonds is 6. The molecule has 160 valence electrons. The van der Waals surface area contributed by atoms with Gasteiger partial charge in [-0.25, -0.2) is 10.1 Å². The number of nitrogens with one attached hydrogen (secondary N) is 1. The van der Waals surface area contributed by atoms with E-state index in [1.54, 1.807) is 36.4 Å². The van der Waals surface area contributed by atoms with Crippen molar-refractivity contribution < 1.29 is 14.6 Å².